The smallest absolute Gasteiger partial charge is 0.335 e. The van der Waals surface area contributed by atoms with Gasteiger partial charge in [-0.2, -0.15) is 0 Å². The second kappa shape index (κ2) is 10.1. The number of nitrogens with zero attached hydrogens (tertiary/aromatic N) is 1. The maximum absolute atomic E-state index is 13.6. The summed E-state index contributed by atoms with van der Waals surface area (Å²) in [6.45, 7) is 0.121. The van der Waals surface area contributed by atoms with E-state index in [1.165, 1.54) is 43.5 Å². The van der Waals surface area contributed by atoms with Gasteiger partial charge in [0.1, 0.15) is 18.0 Å². The molecule has 182 valence electrons. The van der Waals surface area contributed by atoms with Gasteiger partial charge in [-0.25, -0.2) is 14.1 Å². The fourth-order valence-corrected chi connectivity index (χ4v) is 3.47. The number of hydrogen-bond acceptors (Lipinski definition) is 7. The van der Waals surface area contributed by atoms with Gasteiger partial charge in [0.15, 0.2) is 11.5 Å². The van der Waals surface area contributed by atoms with E-state index in [0.29, 0.717) is 27.5 Å². The van der Waals surface area contributed by atoms with Crippen LogP contribution in [-0.4, -0.2) is 30.9 Å². The van der Waals surface area contributed by atoms with E-state index in [2.05, 4.69) is 5.32 Å². The monoisotopic (exact) mass is 489 g/mol. The highest BCUT2D eigenvalue weighted by atomic mass is 19.1. The molecule has 1 aliphatic rings. The number of benzene rings is 3. The highest BCUT2D eigenvalue weighted by molar-refractivity contribution is 6.39. The molecule has 0 spiro atoms. The van der Waals surface area contributed by atoms with E-state index < -0.39 is 29.6 Å². The summed E-state index contributed by atoms with van der Waals surface area (Å²) in [5, 5.41) is 12.9. The number of imide groups is 2. The summed E-state index contributed by atoms with van der Waals surface area (Å²) >= 11 is 0. The number of hydrogen-bond donors (Lipinski definition) is 1. The Balaban J connectivity index is 1.56. The number of carbonyl (C=O) groups excluding carboxylic acids is 4. The number of barbiturate groups is 1. The number of nitrogens with one attached hydrogen (secondary N) is 1. The van der Waals surface area contributed by atoms with Crippen LogP contribution in [0.1, 0.15) is 21.5 Å². The van der Waals surface area contributed by atoms with Gasteiger partial charge in [0.2, 0.25) is 0 Å². The summed E-state index contributed by atoms with van der Waals surface area (Å²) in [5.41, 5.74) is 0.810. The number of halogens is 1. The molecule has 9 nitrogen and oxygen atoms in total. The molecule has 0 aromatic heterocycles. The van der Waals surface area contributed by atoms with Gasteiger partial charge in [-0.05, 0) is 53.1 Å². The molecule has 0 radical (unpaired) electrons. The van der Waals surface area contributed by atoms with Crippen molar-refractivity contribution in [3.63, 3.8) is 0 Å². The third-order valence-electron chi connectivity index (χ3n) is 5.25. The first-order valence-corrected chi connectivity index (χ1v) is 10.5. The highest BCUT2D eigenvalue weighted by Gasteiger charge is 2.37. The molecule has 36 heavy (non-hydrogen) atoms. The van der Waals surface area contributed by atoms with Crippen molar-refractivity contribution >= 4 is 35.6 Å². The van der Waals surface area contributed by atoms with E-state index in [9.17, 15) is 28.7 Å². The molecule has 1 fully saturated rings. The minimum Gasteiger partial charge on any atom is -0.545 e. The first-order valence-electron chi connectivity index (χ1n) is 10.5. The normalized spacial score (nSPS) is 14.6. The van der Waals surface area contributed by atoms with Crippen LogP contribution in [0.4, 0.5) is 14.9 Å². The lowest BCUT2D eigenvalue weighted by atomic mass is 10.1. The number of urea groups is 1. The van der Waals surface area contributed by atoms with Gasteiger partial charge in [-0.3, -0.25) is 14.9 Å². The van der Waals surface area contributed by atoms with Crippen molar-refractivity contribution in [3.8, 4) is 11.5 Å². The Morgan fingerprint density at radius 3 is 2.44 bits per heavy atom. The fourth-order valence-electron chi connectivity index (χ4n) is 3.47. The van der Waals surface area contributed by atoms with Crippen LogP contribution in [0.2, 0.25) is 0 Å². The predicted molar refractivity (Wildman–Crippen MR) is 124 cm³/mol. The standard InChI is InChI=1S/C26H19FN2O7/c1-35-22-12-16(7-10-21(22)36-14-15-5-8-17(9-6-15)25(32)33)11-20-23(30)28-26(34)29(24(20)31)19-4-2-3-18(27)13-19/h2-13H,14H2,1H3,(H,32,33)(H,28,30,34)/p-1/b20-11-. The summed E-state index contributed by atoms with van der Waals surface area (Å²) in [6.07, 6.45) is 1.28. The average molecular weight is 489 g/mol. The van der Waals surface area contributed by atoms with Crippen LogP contribution in [0.15, 0.2) is 72.3 Å². The summed E-state index contributed by atoms with van der Waals surface area (Å²) in [6, 6.07) is 14.6. The van der Waals surface area contributed by atoms with E-state index in [0.717, 1.165) is 12.1 Å². The zero-order valence-corrected chi connectivity index (χ0v) is 18.8. The number of carboxylic acids is 1. The van der Waals surface area contributed by atoms with Crippen LogP contribution >= 0.6 is 0 Å². The van der Waals surface area contributed by atoms with Gasteiger partial charge in [-0.15, -0.1) is 0 Å². The van der Waals surface area contributed by atoms with Crippen LogP contribution in [0.25, 0.3) is 6.08 Å². The molecule has 1 heterocycles. The molecule has 3 aromatic rings. The number of amides is 4. The van der Waals surface area contributed by atoms with Gasteiger partial charge in [-0.1, -0.05) is 36.4 Å². The predicted octanol–water partition coefficient (Wildman–Crippen LogP) is 2.44. The van der Waals surface area contributed by atoms with Gasteiger partial charge in [0.25, 0.3) is 11.8 Å². The Hall–Kier alpha value is -4.99. The Morgan fingerprint density at radius 1 is 1.03 bits per heavy atom. The molecule has 0 saturated carbocycles. The molecule has 0 bridgehead atoms. The molecule has 1 saturated heterocycles. The number of ether oxygens (including phenoxy) is 2. The van der Waals surface area contributed by atoms with Crippen molar-refractivity contribution in [3.05, 3.63) is 94.8 Å². The second-order valence-corrected chi connectivity index (χ2v) is 7.62. The van der Waals surface area contributed by atoms with Crippen molar-refractivity contribution in [2.75, 3.05) is 12.0 Å². The maximum atomic E-state index is 13.6. The molecule has 0 unspecified atom stereocenters. The molecule has 3 aromatic carbocycles. The maximum Gasteiger partial charge on any atom is 0.335 e. The SMILES string of the molecule is COc1cc(/C=C2/C(=O)NC(=O)N(c3cccc(F)c3)C2=O)ccc1OCc1ccc(C(=O)[O-])cc1. The van der Waals surface area contributed by atoms with Crippen molar-refractivity contribution in [2.45, 2.75) is 6.61 Å². The van der Waals surface area contributed by atoms with Gasteiger partial charge >= 0.3 is 6.03 Å². The number of rotatable bonds is 7. The summed E-state index contributed by atoms with van der Waals surface area (Å²) < 4.78 is 24.8. The van der Waals surface area contributed by atoms with E-state index in [1.807, 2.05) is 0 Å². The van der Waals surface area contributed by atoms with Crippen LogP contribution in [-0.2, 0) is 16.2 Å². The number of methoxy groups -OCH3 is 1. The van der Waals surface area contributed by atoms with Crippen LogP contribution in [0.5, 0.6) is 11.5 Å². The number of anilines is 1. The van der Waals surface area contributed by atoms with Crippen LogP contribution in [0, 0.1) is 5.82 Å². The van der Waals surface area contributed by atoms with Crippen molar-refractivity contribution in [1.29, 1.82) is 0 Å². The summed E-state index contributed by atoms with van der Waals surface area (Å²) in [4.78, 5) is 49.2. The van der Waals surface area contributed by atoms with Crippen LogP contribution in [0.3, 0.4) is 0 Å². The largest absolute Gasteiger partial charge is 0.545 e. The molecule has 0 aliphatic carbocycles. The Morgan fingerprint density at radius 2 is 1.78 bits per heavy atom. The Bertz CT molecular complexity index is 1400. The first kappa shape index (κ1) is 24.1. The molecule has 1 N–H and O–H groups in total. The quantitative estimate of drug-likeness (QED) is 0.399. The zero-order valence-electron chi connectivity index (χ0n) is 18.8. The summed E-state index contributed by atoms with van der Waals surface area (Å²) in [7, 11) is 1.41. The van der Waals surface area contributed by atoms with E-state index in [1.54, 1.807) is 24.3 Å². The number of aromatic carboxylic acids is 1. The van der Waals surface area contributed by atoms with E-state index >= 15 is 0 Å². The fraction of sp³-hybridized carbons (Fsp3) is 0.0769. The van der Waals surface area contributed by atoms with E-state index in [-0.39, 0.29) is 23.4 Å². The molecule has 0 atom stereocenters. The molecule has 4 amide bonds. The third kappa shape index (κ3) is 5.07. The summed E-state index contributed by atoms with van der Waals surface area (Å²) in [5.74, 6) is -3.06. The topological polar surface area (TPSA) is 125 Å². The Kier molecular flexibility index (Phi) is 6.77. The van der Waals surface area contributed by atoms with Gasteiger partial charge in [0, 0.05) is 0 Å². The van der Waals surface area contributed by atoms with E-state index in [4.69, 9.17) is 9.47 Å². The lowest BCUT2D eigenvalue weighted by molar-refractivity contribution is -0.255. The molecule has 10 heteroatoms. The minimum atomic E-state index is -1.28. The number of carboxylic acid groups (broad SMARTS) is 1. The molecule has 1 aliphatic heterocycles. The zero-order chi connectivity index (χ0) is 25.8. The second-order valence-electron chi connectivity index (χ2n) is 7.62. The van der Waals surface area contributed by atoms with Crippen molar-refractivity contribution in [2.24, 2.45) is 0 Å². The van der Waals surface area contributed by atoms with Crippen molar-refractivity contribution < 1.29 is 38.1 Å². The third-order valence-corrected chi connectivity index (χ3v) is 5.25. The Labute approximate surface area is 204 Å². The van der Waals surface area contributed by atoms with Gasteiger partial charge < -0.3 is 19.4 Å². The van der Waals surface area contributed by atoms with Crippen molar-refractivity contribution in [1.82, 2.24) is 5.32 Å². The lowest BCUT2D eigenvalue weighted by Gasteiger charge is -2.26. The lowest BCUT2D eigenvalue weighted by Crippen LogP contribution is -2.54. The first-order chi connectivity index (χ1) is 17.3. The minimum absolute atomic E-state index is 0.0233. The average Bonchev–Trinajstić information content (AvgIpc) is 2.85. The van der Waals surface area contributed by atoms with Crippen LogP contribution < -0.4 is 24.8 Å². The van der Waals surface area contributed by atoms with Gasteiger partial charge in [0.05, 0.1) is 18.8 Å². The highest BCUT2D eigenvalue weighted by Crippen LogP contribution is 2.30. The molecular weight excluding hydrogens is 471 g/mol. The number of carbonyl (C=O) groups is 4. The molecular formula is C26H18FN2O7-. The molecule has 4 rings (SSSR count).